The van der Waals surface area contributed by atoms with E-state index in [-0.39, 0.29) is 0 Å². The molecule has 3 atom stereocenters. The molecule has 1 rings (SSSR count). The molecule has 0 aromatic carbocycles. The number of hydrogen-bond donors (Lipinski definition) is 0. The molecule has 3 unspecified atom stereocenters. The lowest BCUT2D eigenvalue weighted by molar-refractivity contribution is -0.118. The average Bonchev–Trinajstić information content (AvgIpc) is 2.00. The SMILES string of the molecule is CC(=O)CC(C)N1CC(C)CC(C)C1. The molecule has 14 heavy (non-hydrogen) atoms. The number of carbonyl (C=O) groups is 1. The molecule has 2 nitrogen and oxygen atoms in total. The fourth-order valence-corrected chi connectivity index (χ4v) is 2.62. The fraction of sp³-hybridized carbons (Fsp3) is 0.917. The molecule has 2 heteroatoms. The maximum Gasteiger partial charge on any atom is 0.131 e. The Hall–Kier alpha value is -0.370. The lowest BCUT2D eigenvalue weighted by Crippen LogP contribution is -2.44. The summed E-state index contributed by atoms with van der Waals surface area (Å²) in [6.07, 6.45) is 2.04. The first-order chi connectivity index (χ1) is 6.49. The van der Waals surface area contributed by atoms with E-state index in [1.807, 2.05) is 0 Å². The number of piperidine rings is 1. The van der Waals surface area contributed by atoms with E-state index in [4.69, 9.17) is 0 Å². The van der Waals surface area contributed by atoms with Crippen molar-refractivity contribution >= 4 is 5.78 Å². The van der Waals surface area contributed by atoms with Crippen LogP contribution in [-0.2, 0) is 4.79 Å². The number of rotatable bonds is 3. The molecule has 0 N–H and O–H groups in total. The zero-order chi connectivity index (χ0) is 10.7. The minimum atomic E-state index is 0.309. The second kappa shape index (κ2) is 4.92. The van der Waals surface area contributed by atoms with Gasteiger partial charge in [-0.3, -0.25) is 9.69 Å². The second-order valence-electron chi connectivity index (χ2n) is 5.16. The minimum absolute atomic E-state index is 0.309. The van der Waals surface area contributed by atoms with Crippen molar-refractivity contribution in [3.05, 3.63) is 0 Å². The summed E-state index contributed by atoms with van der Waals surface area (Å²) in [7, 11) is 0. The average molecular weight is 197 g/mol. The Morgan fingerprint density at radius 2 is 1.86 bits per heavy atom. The molecular formula is C12H23NO. The van der Waals surface area contributed by atoms with Gasteiger partial charge in [-0.05, 0) is 32.1 Å². The summed E-state index contributed by atoms with van der Waals surface area (Å²) in [6.45, 7) is 10.8. The van der Waals surface area contributed by atoms with Gasteiger partial charge < -0.3 is 0 Å². The highest BCUT2D eigenvalue weighted by atomic mass is 16.1. The normalized spacial score (nSPS) is 31.4. The Morgan fingerprint density at radius 1 is 1.36 bits per heavy atom. The van der Waals surface area contributed by atoms with Crippen LogP contribution in [0.5, 0.6) is 0 Å². The number of hydrogen-bond acceptors (Lipinski definition) is 2. The molecule has 1 fully saturated rings. The Morgan fingerprint density at radius 3 is 2.29 bits per heavy atom. The molecule has 1 aliphatic heterocycles. The Kier molecular flexibility index (Phi) is 4.11. The maximum atomic E-state index is 11.0. The molecule has 0 aromatic rings. The van der Waals surface area contributed by atoms with Crippen molar-refractivity contribution in [2.45, 2.75) is 46.6 Å². The fourth-order valence-electron chi connectivity index (χ4n) is 2.62. The number of likely N-dealkylation sites (tertiary alicyclic amines) is 1. The summed E-state index contributed by atoms with van der Waals surface area (Å²) >= 11 is 0. The number of ketones is 1. The second-order valence-corrected chi connectivity index (χ2v) is 5.16. The Labute approximate surface area is 87.7 Å². The van der Waals surface area contributed by atoms with Crippen LogP contribution in [-0.4, -0.2) is 29.8 Å². The van der Waals surface area contributed by atoms with E-state index in [1.165, 1.54) is 19.5 Å². The van der Waals surface area contributed by atoms with Crippen molar-refractivity contribution < 1.29 is 4.79 Å². The summed E-state index contributed by atoms with van der Waals surface area (Å²) in [5.41, 5.74) is 0. The molecule has 1 heterocycles. The highest BCUT2D eigenvalue weighted by Gasteiger charge is 2.25. The van der Waals surface area contributed by atoms with Crippen molar-refractivity contribution in [1.29, 1.82) is 0 Å². The van der Waals surface area contributed by atoms with E-state index in [9.17, 15) is 4.79 Å². The van der Waals surface area contributed by atoms with Crippen molar-refractivity contribution in [2.24, 2.45) is 11.8 Å². The van der Waals surface area contributed by atoms with Crippen LogP contribution in [0.15, 0.2) is 0 Å². The van der Waals surface area contributed by atoms with Crippen LogP contribution in [0, 0.1) is 11.8 Å². The van der Waals surface area contributed by atoms with Crippen LogP contribution >= 0.6 is 0 Å². The lowest BCUT2D eigenvalue weighted by atomic mass is 9.90. The quantitative estimate of drug-likeness (QED) is 0.692. The topological polar surface area (TPSA) is 20.3 Å². The zero-order valence-electron chi connectivity index (χ0n) is 9.92. The molecule has 0 aromatic heterocycles. The first kappa shape index (κ1) is 11.7. The van der Waals surface area contributed by atoms with Crippen LogP contribution in [0.3, 0.4) is 0 Å². The highest BCUT2D eigenvalue weighted by molar-refractivity contribution is 5.76. The molecule has 1 aliphatic rings. The standard InChI is InChI=1S/C12H23NO/c1-9-5-10(2)8-13(7-9)11(3)6-12(4)14/h9-11H,5-8H2,1-4H3. The van der Waals surface area contributed by atoms with E-state index in [0.717, 1.165) is 11.8 Å². The van der Waals surface area contributed by atoms with Crippen molar-refractivity contribution in [3.8, 4) is 0 Å². The molecule has 0 bridgehead atoms. The predicted octanol–water partition coefficient (Wildman–Crippen LogP) is 2.33. The minimum Gasteiger partial charge on any atom is -0.300 e. The van der Waals surface area contributed by atoms with Gasteiger partial charge in [0.1, 0.15) is 5.78 Å². The van der Waals surface area contributed by atoms with Crippen molar-refractivity contribution in [3.63, 3.8) is 0 Å². The van der Waals surface area contributed by atoms with Crippen LogP contribution in [0.1, 0.15) is 40.5 Å². The monoisotopic (exact) mass is 197 g/mol. The van der Waals surface area contributed by atoms with Gasteiger partial charge in [0, 0.05) is 25.6 Å². The molecule has 0 saturated carbocycles. The third-order valence-corrected chi connectivity index (χ3v) is 3.10. The van der Waals surface area contributed by atoms with E-state index in [1.54, 1.807) is 6.92 Å². The number of Topliss-reactive ketones (excluding diaryl/α,β-unsaturated/α-hetero) is 1. The molecule has 0 amide bonds. The molecule has 0 radical (unpaired) electrons. The number of carbonyl (C=O) groups excluding carboxylic acids is 1. The first-order valence-electron chi connectivity index (χ1n) is 5.72. The summed E-state index contributed by atoms with van der Waals surface area (Å²) in [5, 5.41) is 0. The Bertz CT molecular complexity index is 192. The van der Waals surface area contributed by atoms with Gasteiger partial charge in [0.05, 0.1) is 0 Å². The van der Waals surface area contributed by atoms with Crippen molar-refractivity contribution in [2.75, 3.05) is 13.1 Å². The molecule has 82 valence electrons. The van der Waals surface area contributed by atoms with Crippen LogP contribution < -0.4 is 0 Å². The van der Waals surface area contributed by atoms with Gasteiger partial charge in [-0.15, -0.1) is 0 Å². The van der Waals surface area contributed by atoms with Crippen LogP contribution in [0.4, 0.5) is 0 Å². The zero-order valence-corrected chi connectivity index (χ0v) is 9.92. The summed E-state index contributed by atoms with van der Waals surface area (Å²) < 4.78 is 0. The van der Waals surface area contributed by atoms with E-state index >= 15 is 0 Å². The van der Waals surface area contributed by atoms with Gasteiger partial charge in [0.2, 0.25) is 0 Å². The number of nitrogens with zero attached hydrogens (tertiary/aromatic N) is 1. The van der Waals surface area contributed by atoms with E-state index < -0.39 is 0 Å². The largest absolute Gasteiger partial charge is 0.300 e. The third-order valence-electron chi connectivity index (χ3n) is 3.10. The van der Waals surface area contributed by atoms with Crippen molar-refractivity contribution in [1.82, 2.24) is 4.90 Å². The van der Waals surface area contributed by atoms with E-state index in [2.05, 4.69) is 25.7 Å². The lowest BCUT2D eigenvalue weighted by Gasteiger charge is -2.38. The summed E-state index contributed by atoms with van der Waals surface area (Å²) in [4.78, 5) is 13.5. The summed E-state index contributed by atoms with van der Waals surface area (Å²) in [5.74, 6) is 1.88. The van der Waals surface area contributed by atoms with Gasteiger partial charge in [-0.1, -0.05) is 13.8 Å². The predicted molar refractivity (Wildman–Crippen MR) is 59.3 cm³/mol. The molecular weight excluding hydrogens is 174 g/mol. The smallest absolute Gasteiger partial charge is 0.131 e. The maximum absolute atomic E-state index is 11.0. The molecule has 0 aliphatic carbocycles. The van der Waals surface area contributed by atoms with Gasteiger partial charge >= 0.3 is 0 Å². The first-order valence-corrected chi connectivity index (χ1v) is 5.72. The third kappa shape index (κ3) is 3.41. The Balaban J connectivity index is 2.46. The van der Waals surface area contributed by atoms with Gasteiger partial charge in [-0.25, -0.2) is 0 Å². The highest BCUT2D eigenvalue weighted by Crippen LogP contribution is 2.23. The van der Waals surface area contributed by atoms with Crippen LogP contribution in [0.25, 0.3) is 0 Å². The van der Waals surface area contributed by atoms with Crippen LogP contribution in [0.2, 0.25) is 0 Å². The van der Waals surface area contributed by atoms with E-state index in [0.29, 0.717) is 18.2 Å². The summed E-state index contributed by atoms with van der Waals surface area (Å²) in [6, 6.07) is 0.428. The van der Waals surface area contributed by atoms with Gasteiger partial charge in [0.15, 0.2) is 0 Å². The van der Waals surface area contributed by atoms with Gasteiger partial charge in [0.25, 0.3) is 0 Å². The molecule has 1 saturated heterocycles. The molecule has 0 spiro atoms. The van der Waals surface area contributed by atoms with Gasteiger partial charge in [-0.2, -0.15) is 0 Å².